The van der Waals surface area contributed by atoms with E-state index in [-0.39, 0.29) is 17.8 Å². The minimum Gasteiger partial charge on any atom is -0.390 e. The van der Waals surface area contributed by atoms with E-state index in [1.807, 2.05) is 0 Å². The molecule has 0 amide bonds. The number of rotatable bonds is 0. The normalized spacial score (nSPS) is 65.0. The molecule has 0 unspecified atom stereocenters. The lowest BCUT2D eigenvalue weighted by molar-refractivity contribution is -0.139. The first-order chi connectivity index (χ1) is 5.48. The van der Waals surface area contributed by atoms with Crippen molar-refractivity contribution in [2.24, 2.45) is 17.3 Å². The lowest BCUT2D eigenvalue weighted by atomic mass is 9.45. The highest BCUT2D eigenvalue weighted by molar-refractivity contribution is 5.24. The fraction of sp³-hybridized carbons (Fsp3) is 1.00. The van der Waals surface area contributed by atoms with Crippen LogP contribution >= 0.6 is 0 Å². The van der Waals surface area contributed by atoms with Gasteiger partial charge in [0.15, 0.2) is 0 Å². The van der Waals surface area contributed by atoms with Gasteiger partial charge in [0.2, 0.25) is 0 Å². The van der Waals surface area contributed by atoms with Gasteiger partial charge < -0.3 is 9.84 Å². The molecule has 0 radical (unpaired) electrons. The van der Waals surface area contributed by atoms with Gasteiger partial charge in [-0.1, -0.05) is 13.8 Å². The molecule has 0 aromatic rings. The number of epoxide rings is 1. The van der Waals surface area contributed by atoms with Crippen LogP contribution in [0.2, 0.25) is 0 Å². The van der Waals surface area contributed by atoms with Crippen molar-refractivity contribution in [3.63, 3.8) is 0 Å². The van der Waals surface area contributed by atoms with Crippen molar-refractivity contribution < 1.29 is 9.84 Å². The number of hydrogen-bond donors (Lipinski definition) is 1. The summed E-state index contributed by atoms with van der Waals surface area (Å²) in [6.45, 7) is 6.68. The molecule has 4 rings (SSSR count). The van der Waals surface area contributed by atoms with E-state index in [0.29, 0.717) is 17.3 Å². The first kappa shape index (κ1) is 7.34. The van der Waals surface area contributed by atoms with Crippen LogP contribution in [0.1, 0.15) is 27.2 Å². The summed E-state index contributed by atoms with van der Waals surface area (Å²) in [4.78, 5) is 0. The Bertz CT molecular complexity index is 243. The van der Waals surface area contributed by atoms with Crippen LogP contribution in [0.5, 0.6) is 0 Å². The van der Waals surface area contributed by atoms with Gasteiger partial charge in [-0.05, 0) is 30.6 Å². The van der Waals surface area contributed by atoms with Crippen molar-refractivity contribution in [3.05, 3.63) is 0 Å². The van der Waals surface area contributed by atoms with Gasteiger partial charge >= 0.3 is 0 Å². The Hall–Kier alpha value is -0.0800. The average molecular weight is 168 g/mol. The van der Waals surface area contributed by atoms with Crippen molar-refractivity contribution in [1.82, 2.24) is 0 Å². The standard InChI is InChI=1S/C10H16O2/c1-9(2)5-4-6(9)10(3)8(12-10)7(5)11/h5-8,11H,4H2,1-3H3/t5-,6-,7+,8+,10-/m1/s1. The molecule has 68 valence electrons. The number of hydrogen-bond acceptors (Lipinski definition) is 2. The van der Waals surface area contributed by atoms with Crippen LogP contribution in [-0.2, 0) is 4.74 Å². The minimum atomic E-state index is -0.199. The third kappa shape index (κ3) is 0.521. The second-order valence-corrected chi connectivity index (χ2v) is 5.43. The molecule has 2 nitrogen and oxygen atoms in total. The van der Waals surface area contributed by atoms with E-state index in [2.05, 4.69) is 20.8 Å². The van der Waals surface area contributed by atoms with E-state index in [1.165, 1.54) is 6.42 Å². The van der Waals surface area contributed by atoms with E-state index in [1.54, 1.807) is 0 Å². The molecule has 3 saturated carbocycles. The van der Waals surface area contributed by atoms with Gasteiger partial charge in [-0.25, -0.2) is 0 Å². The summed E-state index contributed by atoms with van der Waals surface area (Å²) in [5, 5.41) is 9.90. The lowest BCUT2D eigenvalue weighted by Crippen LogP contribution is -2.62. The van der Waals surface area contributed by atoms with Crippen molar-refractivity contribution >= 4 is 0 Å². The van der Waals surface area contributed by atoms with Crippen LogP contribution in [0.3, 0.4) is 0 Å². The van der Waals surface area contributed by atoms with Crippen molar-refractivity contribution in [2.75, 3.05) is 0 Å². The smallest absolute Gasteiger partial charge is 0.113 e. The molecule has 1 N–H and O–H groups in total. The van der Waals surface area contributed by atoms with Crippen LogP contribution < -0.4 is 0 Å². The van der Waals surface area contributed by atoms with Gasteiger partial charge in [0, 0.05) is 0 Å². The second-order valence-electron chi connectivity index (χ2n) is 5.43. The van der Waals surface area contributed by atoms with Crippen molar-refractivity contribution in [3.8, 4) is 0 Å². The summed E-state index contributed by atoms with van der Waals surface area (Å²) >= 11 is 0. The van der Waals surface area contributed by atoms with E-state index in [0.717, 1.165) is 0 Å². The molecule has 1 aliphatic heterocycles. The molecule has 1 saturated heterocycles. The molecule has 5 atom stereocenters. The predicted octanol–water partition coefficient (Wildman–Crippen LogP) is 1.18. The molecule has 4 aliphatic rings. The Labute approximate surface area is 72.9 Å². The van der Waals surface area contributed by atoms with Gasteiger partial charge in [-0.15, -0.1) is 0 Å². The monoisotopic (exact) mass is 168 g/mol. The van der Waals surface area contributed by atoms with E-state index >= 15 is 0 Å². The Kier molecular flexibility index (Phi) is 0.978. The van der Waals surface area contributed by atoms with Gasteiger partial charge in [0.1, 0.15) is 6.10 Å². The van der Waals surface area contributed by atoms with E-state index in [9.17, 15) is 5.11 Å². The highest BCUT2D eigenvalue weighted by atomic mass is 16.6. The Morgan fingerprint density at radius 2 is 2.00 bits per heavy atom. The summed E-state index contributed by atoms with van der Waals surface area (Å²) in [5.41, 5.74) is 0.332. The molecule has 0 aromatic heterocycles. The maximum atomic E-state index is 9.90. The van der Waals surface area contributed by atoms with Crippen molar-refractivity contribution in [1.29, 1.82) is 0 Å². The lowest BCUT2D eigenvalue weighted by Gasteiger charge is -2.59. The molecular formula is C10H16O2. The largest absolute Gasteiger partial charge is 0.390 e. The molecule has 0 aromatic carbocycles. The van der Waals surface area contributed by atoms with Gasteiger partial charge in [-0.2, -0.15) is 0 Å². The van der Waals surface area contributed by atoms with Crippen molar-refractivity contribution in [2.45, 2.75) is 45.0 Å². The average Bonchev–Trinajstić information content (AvgIpc) is 2.61. The van der Waals surface area contributed by atoms with Gasteiger partial charge in [0.25, 0.3) is 0 Å². The fourth-order valence-corrected chi connectivity index (χ4v) is 3.65. The highest BCUT2D eigenvalue weighted by Crippen LogP contribution is 2.70. The topological polar surface area (TPSA) is 32.8 Å². The SMILES string of the molecule is CC1(C)[C@@H]2C[C@H]1[C@@]1(C)O[C@H]1[C@H]2O. The van der Waals surface area contributed by atoms with Gasteiger partial charge in [-0.3, -0.25) is 0 Å². The molecule has 12 heavy (non-hydrogen) atoms. The first-order valence-electron chi connectivity index (χ1n) is 4.84. The molecule has 0 spiro atoms. The van der Waals surface area contributed by atoms with E-state index in [4.69, 9.17) is 4.74 Å². The van der Waals surface area contributed by atoms with Crippen LogP contribution in [0, 0.1) is 17.3 Å². The zero-order valence-corrected chi connectivity index (χ0v) is 7.87. The van der Waals surface area contributed by atoms with Crippen LogP contribution in [0.15, 0.2) is 0 Å². The predicted molar refractivity (Wildman–Crippen MR) is 44.7 cm³/mol. The molecule has 3 aliphatic carbocycles. The molecular weight excluding hydrogens is 152 g/mol. The Balaban J connectivity index is 2.01. The molecule has 2 heteroatoms. The minimum absolute atomic E-state index is 0.0255. The fourth-order valence-electron chi connectivity index (χ4n) is 3.65. The third-order valence-corrected chi connectivity index (χ3v) is 4.65. The summed E-state index contributed by atoms with van der Waals surface area (Å²) in [6, 6.07) is 0. The molecule has 4 fully saturated rings. The van der Waals surface area contributed by atoms with Crippen LogP contribution in [-0.4, -0.2) is 22.9 Å². The Morgan fingerprint density at radius 3 is 2.50 bits per heavy atom. The second kappa shape index (κ2) is 1.60. The summed E-state index contributed by atoms with van der Waals surface area (Å²) in [7, 11) is 0. The van der Waals surface area contributed by atoms with Crippen LogP contribution in [0.4, 0.5) is 0 Å². The van der Waals surface area contributed by atoms with Gasteiger partial charge in [0.05, 0.1) is 11.7 Å². The summed E-state index contributed by atoms with van der Waals surface area (Å²) in [6.07, 6.45) is 1.13. The number of ether oxygens (including phenoxy) is 1. The maximum absolute atomic E-state index is 9.90. The third-order valence-electron chi connectivity index (χ3n) is 4.65. The van der Waals surface area contributed by atoms with Crippen LogP contribution in [0.25, 0.3) is 0 Å². The quantitative estimate of drug-likeness (QED) is 0.551. The summed E-state index contributed by atoms with van der Waals surface area (Å²) < 4.78 is 5.62. The first-order valence-corrected chi connectivity index (χ1v) is 4.84. The zero-order valence-electron chi connectivity index (χ0n) is 7.87. The Morgan fingerprint density at radius 1 is 1.33 bits per heavy atom. The summed E-state index contributed by atoms with van der Waals surface area (Å²) in [5.74, 6) is 1.17. The zero-order chi connectivity index (χ0) is 8.72. The highest BCUT2D eigenvalue weighted by Gasteiger charge is 2.76. The molecule has 2 bridgehead atoms. The number of aliphatic hydroxyl groups excluding tert-OH is 1. The van der Waals surface area contributed by atoms with E-state index < -0.39 is 0 Å². The number of aliphatic hydroxyl groups is 1. The molecule has 1 heterocycles. The maximum Gasteiger partial charge on any atom is 0.113 e.